The summed E-state index contributed by atoms with van der Waals surface area (Å²) < 4.78 is 4.99. The average molecular weight is 352 g/mol. The van der Waals surface area contributed by atoms with Gasteiger partial charge in [0.05, 0.1) is 17.7 Å². The lowest BCUT2D eigenvalue weighted by molar-refractivity contribution is -0.139. The Hall–Kier alpha value is -3.55. The summed E-state index contributed by atoms with van der Waals surface area (Å²) in [5, 5.41) is 2.74. The number of nitrogens with zero attached hydrogens (tertiary/aromatic N) is 3. The molecule has 3 rings (SSSR count). The molecule has 2 aromatic rings. The fourth-order valence-electron chi connectivity index (χ4n) is 2.48. The fraction of sp³-hybridized carbons (Fsp3) is 0.167. The minimum Gasteiger partial charge on any atom is -0.461 e. The number of carbonyl (C=O) groups is 3. The van der Waals surface area contributed by atoms with Gasteiger partial charge >= 0.3 is 5.97 Å². The minimum absolute atomic E-state index is 0.0975. The van der Waals surface area contributed by atoms with Crippen LogP contribution in [-0.2, 0) is 9.53 Å². The highest BCUT2D eigenvalue weighted by Gasteiger charge is 2.40. The van der Waals surface area contributed by atoms with Gasteiger partial charge in [0.2, 0.25) is 5.95 Å². The van der Waals surface area contributed by atoms with Crippen LogP contribution in [0.25, 0.3) is 0 Å². The standard InChI is InChI=1S/C18H16N4O4/c1-3-26-17(25)14(10-20-18-19-9-8-11(2)21-18)22-15(23)12-6-4-5-7-13(12)16(22)24/h4-10H,3H2,1-2H3,(H,19,20,21). The zero-order valence-corrected chi connectivity index (χ0v) is 14.2. The number of nitrogens with one attached hydrogen (secondary N) is 1. The summed E-state index contributed by atoms with van der Waals surface area (Å²) in [5.74, 6) is -1.75. The van der Waals surface area contributed by atoms with Crippen LogP contribution in [0, 0.1) is 6.92 Å². The summed E-state index contributed by atoms with van der Waals surface area (Å²) in [6, 6.07) is 8.09. The minimum atomic E-state index is -0.804. The lowest BCUT2D eigenvalue weighted by Crippen LogP contribution is -2.34. The first-order valence-electron chi connectivity index (χ1n) is 7.94. The molecule has 0 fully saturated rings. The molecule has 1 aromatic heterocycles. The third-order valence-corrected chi connectivity index (χ3v) is 3.65. The van der Waals surface area contributed by atoms with E-state index in [0.29, 0.717) is 5.69 Å². The molecule has 2 heterocycles. The van der Waals surface area contributed by atoms with Crippen molar-refractivity contribution < 1.29 is 19.1 Å². The maximum Gasteiger partial charge on any atom is 0.357 e. The fourth-order valence-corrected chi connectivity index (χ4v) is 2.48. The van der Waals surface area contributed by atoms with Crippen LogP contribution in [0.4, 0.5) is 5.95 Å². The average Bonchev–Trinajstić information content (AvgIpc) is 2.88. The van der Waals surface area contributed by atoms with E-state index in [2.05, 4.69) is 15.3 Å². The Morgan fingerprint density at radius 2 is 1.85 bits per heavy atom. The first-order chi connectivity index (χ1) is 12.5. The van der Waals surface area contributed by atoms with Crippen LogP contribution in [0.2, 0.25) is 0 Å². The Kier molecular flexibility index (Phi) is 4.74. The maximum atomic E-state index is 12.6. The molecule has 2 amide bonds. The molecule has 0 bridgehead atoms. The molecule has 0 aliphatic carbocycles. The van der Waals surface area contributed by atoms with E-state index in [0.717, 1.165) is 4.90 Å². The number of aryl methyl sites for hydroxylation is 1. The maximum absolute atomic E-state index is 12.6. The van der Waals surface area contributed by atoms with Gasteiger partial charge in [0.25, 0.3) is 11.8 Å². The topological polar surface area (TPSA) is 101 Å². The molecule has 0 saturated carbocycles. The molecular weight excluding hydrogens is 336 g/mol. The monoisotopic (exact) mass is 352 g/mol. The van der Waals surface area contributed by atoms with E-state index in [1.165, 1.54) is 18.3 Å². The molecule has 0 radical (unpaired) electrons. The zero-order valence-electron chi connectivity index (χ0n) is 14.2. The number of aromatic nitrogens is 2. The molecule has 0 unspecified atom stereocenters. The third-order valence-electron chi connectivity index (χ3n) is 3.65. The van der Waals surface area contributed by atoms with Gasteiger partial charge in [0.15, 0.2) is 5.70 Å². The van der Waals surface area contributed by atoms with Gasteiger partial charge in [-0.2, -0.15) is 0 Å². The molecule has 0 saturated heterocycles. The zero-order chi connectivity index (χ0) is 18.7. The number of carbonyl (C=O) groups excluding carboxylic acids is 3. The summed E-state index contributed by atoms with van der Waals surface area (Å²) in [5.41, 5.74) is 0.955. The second kappa shape index (κ2) is 7.14. The summed E-state index contributed by atoms with van der Waals surface area (Å²) >= 11 is 0. The number of ether oxygens (including phenoxy) is 1. The van der Waals surface area contributed by atoms with Crippen molar-refractivity contribution in [2.45, 2.75) is 13.8 Å². The number of imide groups is 1. The van der Waals surface area contributed by atoms with E-state index in [9.17, 15) is 14.4 Å². The molecule has 26 heavy (non-hydrogen) atoms. The van der Waals surface area contributed by atoms with Crippen LogP contribution >= 0.6 is 0 Å². The van der Waals surface area contributed by atoms with E-state index >= 15 is 0 Å². The van der Waals surface area contributed by atoms with Crippen LogP contribution in [0.15, 0.2) is 48.4 Å². The van der Waals surface area contributed by atoms with E-state index in [1.54, 1.807) is 38.2 Å². The Labute approximate surface area is 149 Å². The normalized spacial score (nSPS) is 13.6. The van der Waals surface area contributed by atoms with Gasteiger partial charge in [-0.15, -0.1) is 0 Å². The molecule has 1 N–H and O–H groups in total. The molecule has 0 spiro atoms. The molecule has 132 valence electrons. The first-order valence-corrected chi connectivity index (χ1v) is 7.94. The molecule has 1 aromatic carbocycles. The van der Waals surface area contributed by atoms with Crippen molar-refractivity contribution in [2.75, 3.05) is 11.9 Å². The van der Waals surface area contributed by atoms with Crippen molar-refractivity contribution in [3.05, 3.63) is 65.2 Å². The summed E-state index contributed by atoms with van der Waals surface area (Å²) in [6.07, 6.45) is 2.75. The number of hydrogen-bond acceptors (Lipinski definition) is 7. The van der Waals surface area contributed by atoms with Gasteiger partial charge in [0, 0.05) is 18.1 Å². The van der Waals surface area contributed by atoms with Crippen molar-refractivity contribution >= 4 is 23.7 Å². The predicted octanol–water partition coefficient (Wildman–Crippen LogP) is 1.90. The van der Waals surface area contributed by atoms with Gasteiger partial charge in [-0.05, 0) is 32.0 Å². The lowest BCUT2D eigenvalue weighted by atomic mass is 10.1. The largest absolute Gasteiger partial charge is 0.461 e. The molecule has 8 heteroatoms. The van der Waals surface area contributed by atoms with E-state index in [4.69, 9.17) is 4.74 Å². The third kappa shape index (κ3) is 3.16. The highest BCUT2D eigenvalue weighted by Crippen LogP contribution is 2.26. The van der Waals surface area contributed by atoms with E-state index in [1.807, 2.05) is 0 Å². The Balaban J connectivity index is 1.97. The number of amides is 2. The van der Waals surface area contributed by atoms with Crippen molar-refractivity contribution in [1.82, 2.24) is 14.9 Å². The lowest BCUT2D eigenvalue weighted by Gasteiger charge is -2.16. The predicted molar refractivity (Wildman–Crippen MR) is 92.0 cm³/mol. The van der Waals surface area contributed by atoms with Crippen molar-refractivity contribution in [3.63, 3.8) is 0 Å². The second-order valence-electron chi connectivity index (χ2n) is 5.41. The van der Waals surface area contributed by atoms with Gasteiger partial charge in [-0.1, -0.05) is 12.1 Å². The Bertz CT molecular complexity index is 888. The molecular formula is C18H16N4O4. The highest BCUT2D eigenvalue weighted by atomic mass is 16.5. The van der Waals surface area contributed by atoms with Gasteiger partial charge in [-0.3, -0.25) is 9.59 Å². The summed E-state index contributed by atoms with van der Waals surface area (Å²) in [7, 11) is 0. The van der Waals surface area contributed by atoms with E-state index in [-0.39, 0.29) is 29.4 Å². The number of hydrogen-bond donors (Lipinski definition) is 1. The molecule has 0 atom stereocenters. The van der Waals surface area contributed by atoms with Crippen LogP contribution < -0.4 is 5.32 Å². The molecule has 1 aliphatic rings. The number of benzene rings is 1. The van der Waals surface area contributed by atoms with Crippen molar-refractivity contribution in [1.29, 1.82) is 0 Å². The van der Waals surface area contributed by atoms with Crippen LogP contribution in [-0.4, -0.2) is 39.3 Å². The Morgan fingerprint density at radius 3 is 2.42 bits per heavy atom. The SMILES string of the molecule is CCOC(=O)C(=CNc1nccc(C)n1)N1C(=O)c2ccccc2C1=O. The smallest absolute Gasteiger partial charge is 0.357 e. The van der Waals surface area contributed by atoms with Crippen molar-refractivity contribution in [2.24, 2.45) is 0 Å². The first kappa shape index (κ1) is 17.3. The van der Waals surface area contributed by atoms with Crippen molar-refractivity contribution in [3.8, 4) is 0 Å². The number of esters is 1. The molecule has 1 aliphatic heterocycles. The van der Waals surface area contributed by atoms with Gasteiger partial charge in [-0.25, -0.2) is 19.7 Å². The van der Waals surface area contributed by atoms with Crippen LogP contribution in [0.1, 0.15) is 33.3 Å². The van der Waals surface area contributed by atoms with Crippen LogP contribution in [0.5, 0.6) is 0 Å². The van der Waals surface area contributed by atoms with E-state index < -0.39 is 17.8 Å². The van der Waals surface area contributed by atoms with Gasteiger partial charge in [0.1, 0.15) is 0 Å². The quantitative estimate of drug-likeness (QED) is 0.498. The Morgan fingerprint density at radius 1 is 1.19 bits per heavy atom. The highest BCUT2D eigenvalue weighted by molar-refractivity contribution is 6.24. The van der Waals surface area contributed by atoms with Crippen LogP contribution in [0.3, 0.4) is 0 Å². The number of anilines is 1. The summed E-state index contributed by atoms with van der Waals surface area (Å²) in [6.45, 7) is 3.52. The second-order valence-corrected chi connectivity index (χ2v) is 5.41. The number of fused-ring (bicyclic) bond motifs is 1. The molecule has 8 nitrogen and oxygen atoms in total. The number of rotatable bonds is 5. The summed E-state index contributed by atoms with van der Waals surface area (Å²) in [4.78, 5) is 46.5. The van der Waals surface area contributed by atoms with Gasteiger partial charge < -0.3 is 10.1 Å².